The van der Waals surface area contributed by atoms with Crippen LogP contribution in [0.25, 0.3) is 0 Å². The van der Waals surface area contributed by atoms with Crippen LogP contribution in [0.3, 0.4) is 0 Å². The first kappa shape index (κ1) is 27.7. The summed E-state index contributed by atoms with van der Waals surface area (Å²) in [7, 11) is -3.32. The minimum atomic E-state index is -1.93. The lowest BCUT2D eigenvalue weighted by Crippen LogP contribution is -2.56. The predicted molar refractivity (Wildman–Crippen MR) is 125 cm³/mol. The molecule has 0 atom stereocenters. The number of rotatable bonds is 16. The van der Waals surface area contributed by atoms with E-state index in [0.717, 1.165) is 36.3 Å². The molecule has 0 aromatic carbocycles. The smallest absolute Gasteiger partial charge is 0.330 e. The molecule has 0 rings (SSSR count). The molecule has 0 fully saturated rings. The summed E-state index contributed by atoms with van der Waals surface area (Å²) in [5.74, 6) is -1.28. The van der Waals surface area contributed by atoms with Gasteiger partial charge in [-0.1, -0.05) is 47.6 Å². The van der Waals surface area contributed by atoms with Crippen molar-refractivity contribution >= 4 is 33.1 Å². The highest BCUT2D eigenvalue weighted by atomic mass is 28.4. The van der Waals surface area contributed by atoms with Crippen LogP contribution in [0, 0.1) is 0 Å². The standard InChI is InChI=1S/C20H44O5Si3/c1-8-16-19(21)22-18-15-17-20(23-26,24-27(9-2,10-3)11-4)25-28(12-5,13-6)14-7/h8,16H,9-15,17-18H2,1-7,26H3. The van der Waals surface area contributed by atoms with Gasteiger partial charge in [0, 0.05) is 12.5 Å². The van der Waals surface area contributed by atoms with Crippen LogP contribution in [-0.4, -0.2) is 45.7 Å². The van der Waals surface area contributed by atoms with E-state index in [0.29, 0.717) is 29.9 Å². The third-order valence-corrected chi connectivity index (χ3v) is 15.9. The minimum absolute atomic E-state index is 0.305. The number of carbonyl (C=O) groups is 1. The fourth-order valence-corrected chi connectivity index (χ4v) is 9.97. The molecule has 0 aromatic rings. The number of hydrogen-bond acceptors (Lipinski definition) is 5. The molecule has 0 aliphatic heterocycles. The molecule has 0 aliphatic rings. The maximum absolute atomic E-state index is 11.6. The van der Waals surface area contributed by atoms with Crippen LogP contribution in [0.4, 0.5) is 0 Å². The molecule has 28 heavy (non-hydrogen) atoms. The second-order valence-electron chi connectivity index (χ2n) is 7.35. The highest BCUT2D eigenvalue weighted by Gasteiger charge is 2.46. The van der Waals surface area contributed by atoms with Gasteiger partial charge in [-0.05, 0) is 49.6 Å². The molecular formula is C20H44O5Si3. The van der Waals surface area contributed by atoms with Crippen molar-refractivity contribution in [3.05, 3.63) is 12.2 Å². The monoisotopic (exact) mass is 448 g/mol. The molecule has 0 amide bonds. The Morgan fingerprint density at radius 2 is 1.32 bits per heavy atom. The van der Waals surface area contributed by atoms with Crippen molar-refractivity contribution in [2.75, 3.05) is 6.61 Å². The van der Waals surface area contributed by atoms with Gasteiger partial charge in [-0.15, -0.1) is 0 Å². The molecule has 0 saturated heterocycles. The van der Waals surface area contributed by atoms with Crippen molar-refractivity contribution in [3.8, 4) is 0 Å². The summed E-state index contributed by atoms with van der Waals surface area (Å²) in [6, 6.07) is 6.28. The van der Waals surface area contributed by atoms with Gasteiger partial charge >= 0.3 is 5.97 Å². The van der Waals surface area contributed by atoms with Crippen LogP contribution in [0.15, 0.2) is 12.2 Å². The zero-order valence-corrected chi connectivity index (χ0v) is 23.6. The molecule has 0 N–H and O–H groups in total. The molecule has 0 radical (unpaired) electrons. The number of ether oxygens (including phenoxy) is 1. The molecule has 166 valence electrons. The van der Waals surface area contributed by atoms with Crippen LogP contribution in [0.2, 0.25) is 36.3 Å². The highest BCUT2D eigenvalue weighted by molar-refractivity contribution is 6.74. The van der Waals surface area contributed by atoms with E-state index in [-0.39, 0.29) is 5.97 Å². The van der Waals surface area contributed by atoms with Gasteiger partial charge in [0.15, 0.2) is 27.1 Å². The normalized spacial score (nSPS) is 13.4. The van der Waals surface area contributed by atoms with Crippen LogP contribution < -0.4 is 0 Å². The fraction of sp³-hybridized carbons (Fsp3) is 0.850. The van der Waals surface area contributed by atoms with Gasteiger partial charge in [0.25, 0.3) is 5.97 Å². The lowest BCUT2D eigenvalue weighted by molar-refractivity contribution is -0.270. The average molecular weight is 449 g/mol. The Hall–Kier alpha value is -0.259. The van der Waals surface area contributed by atoms with Crippen LogP contribution in [0.1, 0.15) is 61.3 Å². The lowest BCUT2D eigenvalue weighted by atomic mass is 10.3. The molecule has 0 aromatic heterocycles. The van der Waals surface area contributed by atoms with E-state index in [9.17, 15) is 4.79 Å². The van der Waals surface area contributed by atoms with Gasteiger partial charge in [-0.2, -0.15) is 0 Å². The van der Waals surface area contributed by atoms with Crippen molar-refractivity contribution in [2.24, 2.45) is 0 Å². The number of carbonyl (C=O) groups excluding carboxylic acids is 1. The second kappa shape index (κ2) is 13.9. The van der Waals surface area contributed by atoms with Crippen molar-refractivity contribution in [1.82, 2.24) is 0 Å². The van der Waals surface area contributed by atoms with Gasteiger partial charge in [0.05, 0.1) is 6.61 Å². The first-order valence-corrected chi connectivity index (χ1v) is 16.9. The topological polar surface area (TPSA) is 54.0 Å². The summed E-state index contributed by atoms with van der Waals surface area (Å²) in [6.45, 7) is 15.5. The fourth-order valence-electron chi connectivity index (χ4n) is 3.55. The highest BCUT2D eigenvalue weighted by Crippen LogP contribution is 2.37. The number of hydrogen-bond donors (Lipinski definition) is 0. The molecule has 0 spiro atoms. The first-order valence-electron chi connectivity index (χ1n) is 11.0. The van der Waals surface area contributed by atoms with Crippen LogP contribution in [0.5, 0.6) is 0 Å². The quantitative estimate of drug-likeness (QED) is 0.111. The average Bonchev–Trinajstić information content (AvgIpc) is 2.73. The Kier molecular flexibility index (Phi) is 13.7. The van der Waals surface area contributed by atoms with Crippen molar-refractivity contribution in [2.45, 2.75) is 104 Å². The van der Waals surface area contributed by atoms with Gasteiger partial charge < -0.3 is 18.0 Å². The maximum atomic E-state index is 11.6. The Morgan fingerprint density at radius 3 is 1.64 bits per heavy atom. The molecule has 0 saturated carbocycles. The summed E-state index contributed by atoms with van der Waals surface area (Å²) >= 11 is 0. The molecule has 0 bridgehead atoms. The van der Waals surface area contributed by atoms with E-state index in [1.54, 1.807) is 13.0 Å². The van der Waals surface area contributed by atoms with E-state index in [4.69, 9.17) is 18.0 Å². The zero-order chi connectivity index (χ0) is 21.7. The third-order valence-electron chi connectivity index (χ3n) is 6.10. The van der Waals surface area contributed by atoms with E-state index >= 15 is 0 Å². The second-order valence-corrected chi connectivity index (χ2v) is 17.1. The van der Waals surface area contributed by atoms with Crippen molar-refractivity contribution < 1.29 is 22.8 Å². The van der Waals surface area contributed by atoms with Gasteiger partial charge in [0.1, 0.15) is 0 Å². The van der Waals surface area contributed by atoms with Crippen LogP contribution >= 0.6 is 0 Å². The summed E-state index contributed by atoms with van der Waals surface area (Å²) in [4.78, 5) is 11.6. The molecule has 0 heterocycles. The maximum Gasteiger partial charge on any atom is 0.330 e. The third kappa shape index (κ3) is 8.24. The van der Waals surface area contributed by atoms with E-state index < -0.39 is 22.6 Å². The molecular weight excluding hydrogens is 404 g/mol. The van der Waals surface area contributed by atoms with Crippen molar-refractivity contribution in [3.63, 3.8) is 0 Å². The van der Waals surface area contributed by atoms with Gasteiger partial charge in [-0.25, -0.2) is 4.79 Å². The van der Waals surface area contributed by atoms with Crippen LogP contribution in [-0.2, 0) is 22.8 Å². The predicted octanol–water partition coefficient (Wildman–Crippen LogP) is 4.88. The zero-order valence-electron chi connectivity index (χ0n) is 19.6. The Morgan fingerprint density at radius 1 is 0.893 bits per heavy atom. The summed E-state index contributed by atoms with van der Waals surface area (Å²) in [6.07, 6.45) is 4.39. The largest absolute Gasteiger partial charge is 0.463 e. The van der Waals surface area contributed by atoms with E-state index in [1.807, 2.05) is 0 Å². The SMILES string of the molecule is CC=CC(=O)OCCCC(O[SiH3])(O[Si](CC)(CC)CC)O[Si](CC)(CC)CC. The van der Waals surface area contributed by atoms with Gasteiger partial charge in [0.2, 0.25) is 0 Å². The molecule has 5 nitrogen and oxygen atoms in total. The van der Waals surface area contributed by atoms with Gasteiger partial charge in [-0.3, -0.25) is 0 Å². The van der Waals surface area contributed by atoms with Crippen molar-refractivity contribution in [1.29, 1.82) is 0 Å². The van der Waals surface area contributed by atoms with E-state index in [2.05, 4.69) is 41.5 Å². The molecule has 0 aliphatic carbocycles. The Labute approximate surface area is 178 Å². The number of allylic oxidation sites excluding steroid dienone is 1. The first-order chi connectivity index (χ1) is 13.3. The minimum Gasteiger partial charge on any atom is -0.463 e. The summed E-state index contributed by atoms with van der Waals surface area (Å²) in [5.41, 5.74) is 0. The summed E-state index contributed by atoms with van der Waals surface area (Å²) in [5, 5.41) is 0. The molecule has 8 heteroatoms. The molecule has 0 unspecified atom stereocenters. The number of esters is 1. The van der Waals surface area contributed by atoms with E-state index in [1.165, 1.54) is 6.08 Å². The summed E-state index contributed by atoms with van der Waals surface area (Å²) < 4.78 is 25.1. The Bertz CT molecular complexity index is 424. The lowest BCUT2D eigenvalue weighted by Gasteiger charge is -2.46. The Balaban J connectivity index is 5.55.